The van der Waals surface area contributed by atoms with Crippen LogP contribution in [-0.2, 0) is 9.59 Å². The van der Waals surface area contributed by atoms with Crippen molar-refractivity contribution in [1.82, 2.24) is 9.80 Å². The second-order valence-corrected chi connectivity index (χ2v) is 9.36. The van der Waals surface area contributed by atoms with Gasteiger partial charge in [-0.3, -0.25) is 24.7 Å². The first-order valence-corrected chi connectivity index (χ1v) is 12.4. The van der Waals surface area contributed by atoms with Gasteiger partial charge in [-0.15, -0.1) is 0 Å². The average molecular weight is 492 g/mol. The van der Waals surface area contributed by atoms with Crippen LogP contribution in [0.25, 0.3) is 21.9 Å². The van der Waals surface area contributed by atoms with Gasteiger partial charge in [0.1, 0.15) is 17.2 Å². The summed E-state index contributed by atoms with van der Waals surface area (Å²) < 4.78 is 5.92. The van der Waals surface area contributed by atoms with Gasteiger partial charge in [0, 0.05) is 47.1 Å². The van der Waals surface area contributed by atoms with Crippen molar-refractivity contribution < 1.29 is 18.9 Å². The van der Waals surface area contributed by atoms with E-state index in [0.717, 1.165) is 55.1 Å². The zero-order chi connectivity index (χ0) is 25.1. The van der Waals surface area contributed by atoms with Gasteiger partial charge in [0.2, 0.25) is 11.8 Å². The van der Waals surface area contributed by atoms with Crippen molar-refractivity contribution >= 4 is 45.3 Å². The van der Waals surface area contributed by atoms with E-state index >= 15 is 0 Å². The van der Waals surface area contributed by atoms with E-state index in [-0.39, 0.29) is 24.2 Å². The summed E-state index contributed by atoms with van der Waals surface area (Å²) in [6.07, 6.45) is 3.99. The number of hydrogen-bond donors (Lipinski definition) is 1. The number of carbonyl (C=O) groups excluding carboxylic acids is 2. The Hall–Kier alpha value is -3.95. The van der Waals surface area contributed by atoms with Crippen LogP contribution < -0.4 is 5.32 Å². The quantitative estimate of drug-likeness (QED) is 0.243. The van der Waals surface area contributed by atoms with Gasteiger partial charge in [0.15, 0.2) is 5.84 Å². The molecule has 2 saturated heterocycles. The molecule has 2 aliphatic heterocycles. The zero-order valence-corrected chi connectivity index (χ0v) is 20.0. The molecule has 2 aliphatic rings. The summed E-state index contributed by atoms with van der Waals surface area (Å²) in [7, 11) is 0. The Kier molecular flexibility index (Phi) is 6.84. The monoisotopic (exact) mass is 491 g/mol. The molecule has 10 heteroatoms. The van der Waals surface area contributed by atoms with Crippen molar-refractivity contribution in [2.24, 2.45) is 4.99 Å². The average Bonchev–Trinajstić information content (AvgIpc) is 3.48. The first-order valence-electron chi connectivity index (χ1n) is 12.4. The summed E-state index contributed by atoms with van der Waals surface area (Å²) in [4.78, 5) is 44.7. The third-order valence-corrected chi connectivity index (χ3v) is 6.80. The van der Waals surface area contributed by atoms with E-state index in [1.165, 1.54) is 0 Å². The second kappa shape index (κ2) is 10.3. The minimum Gasteiger partial charge on any atom is -0.456 e. The highest BCUT2D eigenvalue weighted by atomic mass is 16.6. The molecule has 3 aromatic rings. The van der Waals surface area contributed by atoms with Gasteiger partial charge in [-0.1, -0.05) is 18.2 Å². The third kappa shape index (κ3) is 5.17. The number of anilines is 1. The van der Waals surface area contributed by atoms with Crippen molar-refractivity contribution in [2.75, 3.05) is 38.0 Å². The molecular formula is C26H29N5O5. The maximum atomic E-state index is 13.3. The summed E-state index contributed by atoms with van der Waals surface area (Å²) in [5, 5.41) is 16.4. The number of nitrogens with zero attached hydrogens (tertiary/aromatic N) is 4. The molecule has 36 heavy (non-hydrogen) atoms. The first kappa shape index (κ1) is 23.8. The van der Waals surface area contributed by atoms with E-state index in [0.29, 0.717) is 24.2 Å². The zero-order valence-electron chi connectivity index (χ0n) is 20.0. The molecule has 0 radical (unpaired) electrons. The molecule has 188 valence electrons. The summed E-state index contributed by atoms with van der Waals surface area (Å²) in [5.41, 5.74) is 2.00. The van der Waals surface area contributed by atoms with Crippen molar-refractivity contribution in [3.8, 4) is 0 Å². The molecule has 3 heterocycles. The Morgan fingerprint density at radius 2 is 1.81 bits per heavy atom. The van der Waals surface area contributed by atoms with E-state index in [1.807, 2.05) is 36.4 Å². The first-order chi connectivity index (χ1) is 17.5. The lowest BCUT2D eigenvalue weighted by Gasteiger charge is -2.25. The molecule has 0 unspecified atom stereocenters. The number of carbonyl (C=O) groups is 2. The Morgan fingerprint density at radius 3 is 2.61 bits per heavy atom. The van der Waals surface area contributed by atoms with Crippen molar-refractivity contribution in [1.29, 1.82) is 0 Å². The lowest BCUT2D eigenvalue weighted by Crippen LogP contribution is -2.45. The standard InChI is InChI=1S/C26H29N5O5/c32-25(29-12-5-6-13-29)17-30-14-4-3-8-21(26(30)33)28-24(16-31(34)35)27-18-10-11-20-19-7-1-2-9-22(19)36-23(20)15-18/h1-2,7,9-11,15,21H,3-6,8,12-14,16-17H2,(H,27,28)/t21-/m0/s1. The van der Waals surface area contributed by atoms with Crippen LogP contribution in [0.5, 0.6) is 0 Å². The van der Waals surface area contributed by atoms with E-state index in [1.54, 1.807) is 15.9 Å². The van der Waals surface area contributed by atoms with E-state index in [4.69, 9.17) is 4.42 Å². The predicted molar refractivity (Wildman–Crippen MR) is 137 cm³/mol. The van der Waals surface area contributed by atoms with E-state index in [9.17, 15) is 19.7 Å². The van der Waals surface area contributed by atoms with Gasteiger partial charge in [-0.25, -0.2) is 0 Å². The Balaban J connectivity index is 1.36. The number of likely N-dealkylation sites (tertiary alicyclic amines) is 2. The molecule has 2 fully saturated rings. The number of rotatable bonds is 6. The van der Waals surface area contributed by atoms with Crippen molar-refractivity contribution in [3.63, 3.8) is 0 Å². The Morgan fingerprint density at radius 1 is 1.06 bits per heavy atom. The van der Waals surface area contributed by atoms with Crippen molar-refractivity contribution in [3.05, 3.63) is 52.6 Å². The number of benzene rings is 2. The van der Waals surface area contributed by atoms with E-state index in [2.05, 4.69) is 10.3 Å². The van der Waals surface area contributed by atoms with Gasteiger partial charge in [-0.2, -0.15) is 0 Å². The Bertz CT molecular complexity index is 1330. The van der Waals surface area contributed by atoms with Crippen LogP contribution in [0.4, 0.5) is 5.69 Å². The fraction of sp³-hybridized carbons (Fsp3) is 0.423. The number of aliphatic imine (C=N–C) groups is 1. The summed E-state index contributed by atoms with van der Waals surface area (Å²) in [5.74, 6) is -0.204. The molecule has 2 aromatic carbocycles. The van der Waals surface area contributed by atoms with Gasteiger partial charge in [0.25, 0.3) is 6.54 Å². The highest BCUT2D eigenvalue weighted by Gasteiger charge is 2.30. The maximum absolute atomic E-state index is 13.3. The number of amides is 2. The van der Waals surface area contributed by atoms with Crippen LogP contribution in [0.3, 0.4) is 0 Å². The number of furan rings is 1. The highest BCUT2D eigenvalue weighted by Crippen LogP contribution is 2.30. The van der Waals surface area contributed by atoms with Crippen LogP contribution in [-0.4, -0.2) is 71.1 Å². The van der Waals surface area contributed by atoms with Crippen LogP contribution >= 0.6 is 0 Å². The van der Waals surface area contributed by atoms with Gasteiger partial charge in [-0.05, 0) is 50.3 Å². The van der Waals surface area contributed by atoms with Crippen LogP contribution in [0.1, 0.15) is 32.1 Å². The molecule has 1 aromatic heterocycles. The molecular weight excluding hydrogens is 462 g/mol. The molecule has 10 nitrogen and oxygen atoms in total. The number of fused-ring (bicyclic) bond motifs is 3. The fourth-order valence-corrected chi connectivity index (χ4v) is 4.98. The maximum Gasteiger partial charge on any atom is 0.260 e. The molecule has 0 aliphatic carbocycles. The minimum absolute atomic E-state index is 0.0333. The highest BCUT2D eigenvalue weighted by molar-refractivity contribution is 6.07. The number of para-hydroxylation sites is 1. The van der Waals surface area contributed by atoms with Crippen LogP contribution in [0.15, 0.2) is 51.9 Å². The SMILES string of the molecule is O=C(CN1CCCC[C@H](N=C(C[N+](=O)[O-])Nc2ccc3c(c2)oc2ccccc23)C1=O)N1CCCC1. The predicted octanol–water partition coefficient (Wildman–Crippen LogP) is 3.68. The van der Waals surface area contributed by atoms with Crippen LogP contribution in [0, 0.1) is 10.1 Å². The summed E-state index contributed by atoms with van der Waals surface area (Å²) >= 11 is 0. The molecule has 0 saturated carbocycles. The summed E-state index contributed by atoms with van der Waals surface area (Å²) in [6.45, 7) is 1.44. The number of nitrogens with one attached hydrogen (secondary N) is 1. The topological polar surface area (TPSA) is 121 Å². The molecule has 2 amide bonds. The molecule has 1 N–H and O–H groups in total. The molecule has 5 rings (SSSR count). The molecule has 0 bridgehead atoms. The largest absolute Gasteiger partial charge is 0.456 e. The lowest BCUT2D eigenvalue weighted by atomic mass is 10.1. The summed E-state index contributed by atoms with van der Waals surface area (Å²) in [6, 6.07) is 12.4. The van der Waals surface area contributed by atoms with Gasteiger partial charge in [0.05, 0.1) is 6.54 Å². The number of hydrogen-bond acceptors (Lipinski definition) is 6. The third-order valence-electron chi connectivity index (χ3n) is 6.80. The fourth-order valence-electron chi connectivity index (χ4n) is 4.98. The minimum atomic E-state index is -0.767. The molecule has 0 spiro atoms. The van der Waals surface area contributed by atoms with Crippen molar-refractivity contribution in [2.45, 2.75) is 38.1 Å². The van der Waals surface area contributed by atoms with Gasteiger partial charge < -0.3 is 19.5 Å². The Labute approximate surface area is 208 Å². The number of amidine groups is 1. The normalized spacial score (nSPS) is 19.2. The second-order valence-electron chi connectivity index (χ2n) is 9.36. The number of nitro groups is 1. The van der Waals surface area contributed by atoms with Crippen LogP contribution in [0.2, 0.25) is 0 Å². The molecule has 1 atom stereocenters. The smallest absolute Gasteiger partial charge is 0.260 e. The lowest BCUT2D eigenvalue weighted by molar-refractivity contribution is -0.463. The van der Waals surface area contributed by atoms with E-state index < -0.39 is 17.5 Å². The van der Waals surface area contributed by atoms with Gasteiger partial charge >= 0.3 is 0 Å².